The summed E-state index contributed by atoms with van der Waals surface area (Å²) >= 11 is 0. The molecule has 0 radical (unpaired) electrons. The normalized spacial score (nSPS) is 21.5. The first-order chi connectivity index (χ1) is 8.08. The molecule has 1 aliphatic rings. The molecule has 2 rings (SSSR count). The molecule has 1 saturated heterocycles. The predicted octanol–water partition coefficient (Wildman–Crippen LogP) is 2.52. The van der Waals surface area contributed by atoms with E-state index in [1.165, 1.54) is 19.4 Å². The number of piperidine rings is 1. The van der Waals surface area contributed by atoms with Crippen molar-refractivity contribution in [3.05, 3.63) is 23.3 Å². The smallest absolute Gasteiger partial charge is 0.123 e. The largest absolute Gasteiger partial charge is 0.507 e. The molecule has 2 N–H and O–H groups in total. The molecule has 0 spiro atoms. The Morgan fingerprint density at radius 2 is 2.12 bits per heavy atom. The summed E-state index contributed by atoms with van der Waals surface area (Å²) in [6, 6.07) is 4.53. The zero-order chi connectivity index (χ0) is 12.4. The molecule has 94 valence electrons. The number of nitrogens with zero attached hydrogens (tertiary/aromatic N) is 1. The maximum Gasteiger partial charge on any atom is 0.123 e. The first-order valence-electron chi connectivity index (χ1n) is 6.32. The van der Waals surface area contributed by atoms with Gasteiger partial charge in [-0.1, -0.05) is 6.07 Å². The summed E-state index contributed by atoms with van der Waals surface area (Å²) in [6.45, 7) is 6.17. The van der Waals surface area contributed by atoms with Gasteiger partial charge in [0.1, 0.15) is 5.75 Å². The molecule has 1 fully saturated rings. The number of nitrogens with one attached hydrogen (secondary N) is 1. The summed E-state index contributed by atoms with van der Waals surface area (Å²) in [5.41, 5.74) is 2.96. The van der Waals surface area contributed by atoms with E-state index < -0.39 is 0 Å². The number of hydrogen-bond acceptors (Lipinski definition) is 3. The van der Waals surface area contributed by atoms with Crippen LogP contribution >= 0.6 is 0 Å². The summed E-state index contributed by atoms with van der Waals surface area (Å²) in [5.74, 6) is 0.416. The molecule has 1 aliphatic heterocycles. The Hall–Kier alpha value is -1.22. The van der Waals surface area contributed by atoms with E-state index in [4.69, 9.17) is 0 Å². The average Bonchev–Trinajstić information content (AvgIpc) is 2.30. The Kier molecular flexibility index (Phi) is 3.57. The highest BCUT2D eigenvalue weighted by Crippen LogP contribution is 2.29. The van der Waals surface area contributed by atoms with Gasteiger partial charge in [0.05, 0.1) is 0 Å². The Morgan fingerprint density at radius 1 is 1.35 bits per heavy atom. The Balaban J connectivity index is 2.10. The second kappa shape index (κ2) is 4.96. The van der Waals surface area contributed by atoms with Gasteiger partial charge < -0.3 is 15.3 Å². The SMILES string of the molecule is Cc1ccc(NC2CCCN(C)C2)c(C)c1O. The van der Waals surface area contributed by atoms with E-state index >= 15 is 0 Å². The second-order valence-electron chi connectivity index (χ2n) is 5.15. The Morgan fingerprint density at radius 3 is 2.82 bits per heavy atom. The lowest BCUT2D eigenvalue weighted by Gasteiger charge is -2.31. The molecule has 3 heteroatoms. The number of aryl methyl sites for hydroxylation is 1. The molecule has 0 bridgehead atoms. The van der Waals surface area contributed by atoms with Gasteiger partial charge in [0.15, 0.2) is 0 Å². The lowest BCUT2D eigenvalue weighted by atomic mass is 10.0. The van der Waals surface area contributed by atoms with Crippen LogP contribution < -0.4 is 5.32 Å². The van der Waals surface area contributed by atoms with E-state index in [0.717, 1.165) is 23.4 Å². The lowest BCUT2D eigenvalue weighted by molar-refractivity contribution is 0.261. The van der Waals surface area contributed by atoms with Gasteiger partial charge in [0.25, 0.3) is 0 Å². The van der Waals surface area contributed by atoms with Crippen molar-refractivity contribution in [2.24, 2.45) is 0 Å². The van der Waals surface area contributed by atoms with Crippen molar-refractivity contribution in [2.45, 2.75) is 32.7 Å². The maximum absolute atomic E-state index is 9.92. The number of likely N-dealkylation sites (tertiary alicyclic amines) is 1. The average molecular weight is 234 g/mol. The van der Waals surface area contributed by atoms with Crippen LogP contribution in [0.3, 0.4) is 0 Å². The first-order valence-corrected chi connectivity index (χ1v) is 6.32. The fraction of sp³-hybridized carbons (Fsp3) is 0.571. The minimum absolute atomic E-state index is 0.416. The standard InChI is InChI=1S/C14H22N2O/c1-10-6-7-13(11(2)14(10)17)15-12-5-4-8-16(3)9-12/h6-7,12,15,17H,4-5,8-9H2,1-3H3. The van der Waals surface area contributed by atoms with Crippen molar-refractivity contribution in [1.29, 1.82) is 0 Å². The van der Waals surface area contributed by atoms with Crippen molar-refractivity contribution in [1.82, 2.24) is 4.90 Å². The molecule has 3 nitrogen and oxygen atoms in total. The summed E-state index contributed by atoms with van der Waals surface area (Å²) in [6.07, 6.45) is 2.45. The van der Waals surface area contributed by atoms with Gasteiger partial charge >= 0.3 is 0 Å². The fourth-order valence-electron chi connectivity index (χ4n) is 2.50. The van der Waals surface area contributed by atoms with Gasteiger partial charge in [-0.25, -0.2) is 0 Å². The monoisotopic (exact) mass is 234 g/mol. The number of likely N-dealkylation sites (N-methyl/N-ethyl adjacent to an activating group) is 1. The number of aromatic hydroxyl groups is 1. The molecule has 17 heavy (non-hydrogen) atoms. The molecular weight excluding hydrogens is 212 g/mol. The number of phenolic OH excluding ortho intramolecular Hbond substituents is 1. The van der Waals surface area contributed by atoms with Gasteiger partial charge in [-0.3, -0.25) is 0 Å². The zero-order valence-electron chi connectivity index (χ0n) is 11.0. The molecule has 0 saturated carbocycles. The van der Waals surface area contributed by atoms with Crippen LogP contribution in [-0.2, 0) is 0 Å². The van der Waals surface area contributed by atoms with Crippen molar-refractivity contribution in [2.75, 3.05) is 25.5 Å². The predicted molar refractivity (Wildman–Crippen MR) is 71.7 cm³/mol. The van der Waals surface area contributed by atoms with Crippen LogP contribution in [0.4, 0.5) is 5.69 Å². The highest BCUT2D eigenvalue weighted by molar-refractivity contribution is 5.59. The van der Waals surface area contributed by atoms with Crippen LogP contribution in [0.2, 0.25) is 0 Å². The van der Waals surface area contributed by atoms with Gasteiger partial charge in [0, 0.05) is 23.8 Å². The van der Waals surface area contributed by atoms with Gasteiger partial charge in [0.2, 0.25) is 0 Å². The van der Waals surface area contributed by atoms with E-state index in [0.29, 0.717) is 11.8 Å². The van der Waals surface area contributed by atoms with Crippen LogP contribution in [0, 0.1) is 13.8 Å². The van der Waals surface area contributed by atoms with Gasteiger partial charge in [-0.05, 0) is 51.9 Å². The Labute approximate surface area is 103 Å². The molecule has 0 amide bonds. The number of hydrogen-bond donors (Lipinski definition) is 2. The second-order valence-corrected chi connectivity index (χ2v) is 5.15. The third kappa shape index (κ3) is 2.72. The number of rotatable bonds is 2. The van der Waals surface area contributed by atoms with Crippen LogP contribution in [0.25, 0.3) is 0 Å². The van der Waals surface area contributed by atoms with Crippen LogP contribution in [-0.4, -0.2) is 36.2 Å². The summed E-state index contributed by atoms with van der Waals surface area (Å²) in [5, 5.41) is 13.5. The van der Waals surface area contributed by atoms with Gasteiger partial charge in [-0.15, -0.1) is 0 Å². The quantitative estimate of drug-likeness (QED) is 0.825. The Bertz CT molecular complexity index is 403. The number of phenols is 1. The molecule has 1 atom stereocenters. The van der Waals surface area contributed by atoms with E-state index in [1.807, 2.05) is 19.9 Å². The van der Waals surface area contributed by atoms with Crippen molar-refractivity contribution >= 4 is 5.69 Å². The van der Waals surface area contributed by atoms with Crippen LogP contribution in [0.5, 0.6) is 5.75 Å². The molecule has 1 aromatic rings. The van der Waals surface area contributed by atoms with Crippen molar-refractivity contribution in [3.8, 4) is 5.75 Å². The minimum Gasteiger partial charge on any atom is -0.507 e. The summed E-state index contributed by atoms with van der Waals surface area (Å²) < 4.78 is 0. The van der Waals surface area contributed by atoms with Crippen LogP contribution in [0.15, 0.2) is 12.1 Å². The molecule has 1 aromatic carbocycles. The zero-order valence-corrected chi connectivity index (χ0v) is 11.0. The van der Waals surface area contributed by atoms with Crippen LogP contribution in [0.1, 0.15) is 24.0 Å². The highest BCUT2D eigenvalue weighted by atomic mass is 16.3. The van der Waals surface area contributed by atoms with Gasteiger partial charge in [-0.2, -0.15) is 0 Å². The maximum atomic E-state index is 9.92. The van der Waals surface area contributed by atoms with Crippen molar-refractivity contribution in [3.63, 3.8) is 0 Å². The first kappa shape index (κ1) is 12.2. The third-order valence-electron chi connectivity index (χ3n) is 3.62. The number of benzene rings is 1. The fourth-order valence-corrected chi connectivity index (χ4v) is 2.50. The van der Waals surface area contributed by atoms with E-state index in [1.54, 1.807) is 0 Å². The molecule has 1 unspecified atom stereocenters. The molecule has 0 aromatic heterocycles. The van der Waals surface area contributed by atoms with E-state index in [9.17, 15) is 5.11 Å². The van der Waals surface area contributed by atoms with E-state index in [-0.39, 0.29) is 0 Å². The number of anilines is 1. The molecule has 0 aliphatic carbocycles. The summed E-state index contributed by atoms with van der Waals surface area (Å²) in [7, 11) is 2.16. The molecule has 1 heterocycles. The molecular formula is C14H22N2O. The summed E-state index contributed by atoms with van der Waals surface area (Å²) in [4.78, 5) is 2.35. The topological polar surface area (TPSA) is 35.5 Å². The third-order valence-corrected chi connectivity index (χ3v) is 3.62. The highest BCUT2D eigenvalue weighted by Gasteiger charge is 2.18. The minimum atomic E-state index is 0.416. The van der Waals surface area contributed by atoms with Crippen molar-refractivity contribution < 1.29 is 5.11 Å². The lowest BCUT2D eigenvalue weighted by Crippen LogP contribution is -2.39. The van der Waals surface area contributed by atoms with E-state index in [2.05, 4.69) is 23.3 Å².